The van der Waals surface area contributed by atoms with Crippen molar-refractivity contribution in [2.24, 2.45) is 0 Å². The minimum Gasteiger partial charge on any atom is -0.355 e. The maximum atomic E-state index is 11.3. The molecule has 98 valence electrons. The number of aromatic nitrogens is 2. The van der Waals surface area contributed by atoms with Gasteiger partial charge in [-0.2, -0.15) is 0 Å². The van der Waals surface area contributed by atoms with Crippen molar-refractivity contribution in [3.8, 4) is 0 Å². The Morgan fingerprint density at radius 1 is 1.44 bits per heavy atom. The largest absolute Gasteiger partial charge is 0.355 e. The van der Waals surface area contributed by atoms with Crippen LogP contribution in [0.15, 0.2) is 17.8 Å². The van der Waals surface area contributed by atoms with Crippen LogP contribution in [0.5, 0.6) is 0 Å². The summed E-state index contributed by atoms with van der Waals surface area (Å²) in [4.78, 5) is 11.2. The molecule has 0 amide bonds. The molecule has 2 heterocycles. The van der Waals surface area contributed by atoms with Crippen LogP contribution in [0, 0.1) is 0 Å². The first-order valence-corrected chi connectivity index (χ1v) is 8.41. The van der Waals surface area contributed by atoms with Crippen LogP contribution in [0.1, 0.15) is 6.92 Å². The van der Waals surface area contributed by atoms with Crippen molar-refractivity contribution in [1.82, 2.24) is 9.97 Å². The Bertz CT molecular complexity index is 651. The zero-order valence-electron chi connectivity index (χ0n) is 10.5. The van der Waals surface area contributed by atoms with Gasteiger partial charge < -0.3 is 4.90 Å². The maximum Gasteiger partial charge on any atom is 0.149 e. The standard InChI is InChI=1S/C11H15N3O2S2/c1-8(6-18(3,15)16)14(2)10-9-4-5-17-11(9)13-7-12-10/h4-5,7-8H,6H2,1-3H3. The van der Waals surface area contributed by atoms with Gasteiger partial charge in [0, 0.05) is 19.3 Å². The van der Waals surface area contributed by atoms with E-state index in [4.69, 9.17) is 0 Å². The number of fused-ring (bicyclic) bond motifs is 1. The molecule has 0 radical (unpaired) electrons. The summed E-state index contributed by atoms with van der Waals surface area (Å²) in [5, 5.41) is 2.92. The van der Waals surface area contributed by atoms with Gasteiger partial charge in [-0.05, 0) is 18.4 Å². The second kappa shape index (κ2) is 4.81. The highest BCUT2D eigenvalue weighted by molar-refractivity contribution is 7.90. The summed E-state index contributed by atoms with van der Waals surface area (Å²) in [6.45, 7) is 1.88. The molecule has 0 saturated heterocycles. The second-order valence-corrected chi connectivity index (χ2v) is 7.47. The quantitative estimate of drug-likeness (QED) is 0.853. The van der Waals surface area contributed by atoms with Crippen LogP contribution in [-0.2, 0) is 9.84 Å². The second-order valence-electron chi connectivity index (χ2n) is 4.39. The average Bonchev–Trinajstić information content (AvgIpc) is 2.73. The van der Waals surface area contributed by atoms with Gasteiger partial charge in [0.25, 0.3) is 0 Å². The van der Waals surface area contributed by atoms with E-state index in [0.29, 0.717) is 0 Å². The van der Waals surface area contributed by atoms with Gasteiger partial charge >= 0.3 is 0 Å². The van der Waals surface area contributed by atoms with Gasteiger partial charge in [-0.15, -0.1) is 11.3 Å². The molecule has 2 aromatic rings. The van der Waals surface area contributed by atoms with Crippen molar-refractivity contribution < 1.29 is 8.42 Å². The van der Waals surface area contributed by atoms with Gasteiger partial charge in [0.05, 0.1) is 11.1 Å². The monoisotopic (exact) mass is 285 g/mol. The lowest BCUT2D eigenvalue weighted by atomic mass is 10.3. The molecule has 0 fully saturated rings. The summed E-state index contributed by atoms with van der Waals surface area (Å²) in [6, 6.07) is 1.83. The molecule has 5 nitrogen and oxygen atoms in total. The molecule has 0 bridgehead atoms. The fraction of sp³-hybridized carbons (Fsp3) is 0.455. The third kappa shape index (κ3) is 2.78. The average molecular weight is 285 g/mol. The van der Waals surface area contributed by atoms with Crippen molar-refractivity contribution in [3.63, 3.8) is 0 Å². The number of rotatable bonds is 4. The highest BCUT2D eigenvalue weighted by Crippen LogP contribution is 2.27. The normalized spacial score (nSPS) is 13.7. The van der Waals surface area contributed by atoms with E-state index in [1.165, 1.54) is 12.6 Å². The Morgan fingerprint density at radius 2 is 2.17 bits per heavy atom. The number of hydrogen-bond donors (Lipinski definition) is 0. The lowest BCUT2D eigenvalue weighted by molar-refractivity contribution is 0.593. The van der Waals surface area contributed by atoms with E-state index in [0.717, 1.165) is 16.0 Å². The molecule has 0 aromatic carbocycles. The number of nitrogens with zero attached hydrogens (tertiary/aromatic N) is 3. The summed E-state index contributed by atoms with van der Waals surface area (Å²) in [7, 11) is -1.14. The third-order valence-electron chi connectivity index (χ3n) is 2.78. The van der Waals surface area contributed by atoms with Crippen LogP contribution in [-0.4, -0.2) is 43.5 Å². The van der Waals surface area contributed by atoms with Gasteiger partial charge in [0.15, 0.2) is 0 Å². The Hall–Kier alpha value is -1.21. The van der Waals surface area contributed by atoms with Gasteiger partial charge in [-0.3, -0.25) is 0 Å². The van der Waals surface area contributed by atoms with Crippen LogP contribution >= 0.6 is 11.3 Å². The van der Waals surface area contributed by atoms with E-state index in [1.807, 2.05) is 30.3 Å². The van der Waals surface area contributed by atoms with E-state index >= 15 is 0 Å². The fourth-order valence-electron chi connectivity index (χ4n) is 1.82. The molecule has 0 spiro atoms. The highest BCUT2D eigenvalue weighted by Gasteiger charge is 2.18. The zero-order valence-corrected chi connectivity index (χ0v) is 12.1. The number of sulfone groups is 1. The molecule has 2 rings (SSSR count). The molecule has 18 heavy (non-hydrogen) atoms. The molecule has 1 atom stereocenters. The molecule has 0 saturated carbocycles. The molecule has 0 aliphatic rings. The Balaban J connectivity index is 2.33. The van der Waals surface area contributed by atoms with Crippen molar-refractivity contribution in [2.45, 2.75) is 13.0 Å². The molecule has 2 aromatic heterocycles. The lowest BCUT2D eigenvalue weighted by Gasteiger charge is -2.25. The Morgan fingerprint density at radius 3 is 2.83 bits per heavy atom. The van der Waals surface area contributed by atoms with Crippen LogP contribution in [0.4, 0.5) is 5.82 Å². The first kappa shape index (κ1) is 13.2. The van der Waals surface area contributed by atoms with Crippen molar-refractivity contribution in [1.29, 1.82) is 0 Å². The molecule has 0 N–H and O–H groups in total. The van der Waals surface area contributed by atoms with E-state index in [2.05, 4.69) is 9.97 Å². The lowest BCUT2D eigenvalue weighted by Crippen LogP contribution is -2.35. The van der Waals surface area contributed by atoms with Gasteiger partial charge in [0.1, 0.15) is 26.8 Å². The first-order valence-electron chi connectivity index (χ1n) is 5.47. The summed E-state index contributed by atoms with van der Waals surface area (Å²) >= 11 is 1.55. The summed E-state index contributed by atoms with van der Waals surface area (Å²) in [6.07, 6.45) is 2.76. The fourth-order valence-corrected chi connectivity index (χ4v) is 3.64. The first-order chi connectivity index (χ1) is 8.38. The minimum absolute atomic E-state index is 0.110. The van der Waals surface area contributed by atoms with Crippen LogP contribution in [0.2, 0.25) is 0 Å². The predicted octanol–water partition coefficient (Wildman–Crippen LogP) is 1.56. The third-order valence-corrected chi connectivity index (χ3v) is 4.69. The van der Waals surface area contributed by atoms with Crippen LogP contribution in [0.25, 0.3) is 10.2 Å². The number of thiophene rings is 1. The molecular weight excluding hydrogens is 270 g/mol. The van der Waals surface area contributed by atoms with Crippen LogP contribution in [0.3, 0.4) is 0 Å². The Labute approximate surface area is 110 Å². The highest BCUT2D eigenvalue weighted by atomic mass is 32.2. The SMILES string of the molecule is CC(CS(C)(=O)=O)N(C)c1ncnc2sccc12. The molecular formula is C11H15N3O2S2. The van der Waals surface area contributed by atoms with Gasteiger partial charge in [-0.1, -0.05) is 0 Å². The summed E-state index contributed by atoms with van der Waals surface area (Å²) in [5.74, 6) is 0.886. The smallest absolute Gasteiger partial charge is 0.149 e. The predicted molar refractivity (Wildman–Crippen MR) is 75.0 cm³/mol. The Kier molecular flexibility index (Phi) is 3.54. The van der Waals surface area contributed by atoms with Crippen molar-refractivity contribution in [3.05, 3.63) is 17.8 Å². The number of anilines is 1. The van der Waals surface area contributed by atoms with Gasteiger partial charge in [-0.25, -0.2) is 18.4 Å². The van der Waals surface area contributed by atoms with E-state index in [-0.39, 0.29) is 11.8 Å². The molecule has 0 aliphatic carbocycles. The van der Waals surface area contributed by atoms with Crippen molar-refractivity contribution >= 4 is 37.2 Å². The number of hydrogen-bond acceptors (Lipinski definition) is 6. The molecule has 7 heteroatoms. The molecule has 0 aliphatic heterocycles. The van der Waals surface area contributed by atoms with E-state index in [1.54, 1.807) is 11.3 Å². The van der Waals surface area contributed by atoms with Crippen LogP contribution < -0.4 is 4.90 Å². The van der Waals surface area contributed by atoms with E-state index < -0.39 is 9.84 Å². The topological polar surface area (TPSA) is 63.2 Å². The summed E-state index contributed by atoms with van der Waals surface area (Å²) in [5.41, 5.74) is 0. The zero-order chi connectivity index (χ0) is 13.3. The van der Waals surface area contributed by atoms with E-state index in [9.17, 15) is 8.42 Å². The van der Waals surface area contributed by atoms with Crippen molar-refractivity contribution in [2.75, 3.05) is 24.0 Å². The summed E-state index contributed by atoms with van der Waals surface area (Å²) < 4.78 is 22.7. The van der Waals surface area contributed by atoms with Gasteiger partial charge in [0.2, 0.25) is 0 Å². The minimum atomic E-state index is -3.00. The maximum absolute atomic E-state index is 11.3. The molecule has 1 unspecified atom stereocenters.